The summed E-state index contributed by atoms with van der Waals surface area (Å²) >= 11 is 0. The average Bonchev–Trinajstić information content (AvgIpc) is 3.26. The quantitative estimate of drug-likeness (QED) is 0.256. The number of fused-ring (bicyclic) bond motifs is 4. The highest BCUT2D eigenvalue weighted by molar-refractivity contribution is 6.05. The SMILES string of the molecule is CCCCOc1ccc(-n2c3nc4ccccc4nc3c3c(=O)n(CCc4ccccc4)cnc32)cc1. The van der Waals surface area contributed by atoms with E-state index in [2.05, 4.69) is 19.1 Å². The van der Waals surface area contributed by atoms with Crippen LogP contribution in [0.2, 0.25) is 0 Å². The number of benzene rings is 3. The largest absolute Gasteiger partial charge is 0.494 e. The van der Waals surface area contributed by atoms with Gasteiger partial charge in [-0.15, -0.1) is 0 Å². The van der Waals surface area contributed by atoms with Crippen molar-refractivity contribution >= 4 is 33.2 Å². The lowest BCUT2D eigenvalue weighted by molar-refractivity contribution is 0.309. The van der Waals surface area contributed by atoms with E-state index in [1.807, 2.05) is 71.3 Å². The van der Waals surface area contributed by atoms with Crippen LogP contribution in [0.15, 0.2) is 90.0 Å². The predicted octanol–water partition coefficient (Wildman–Crippen LogP) is 5.71. The van der Waals surface area contributed by atoms with Crippen LogP contribution in [0, 0.1) is 0 Å². The van der Waals surface area contributed by atoms with E-state index in [-0.39, 0.29) is 5.56 Å². The Labute approximate surface area is 214 Å². The van der Waals surface area contributed by atoms with Crippen molar-refractivity contribution in [2.75, 3.05) is 6.61 Å². The number of nitrogens with zero attached hydrogens (tertiary/aromatic N) is 5. The maximum Gasteiger partial charge on any atom is 0.265 e. The number of aryl methyl sites for hydroxylation is 2. The molecule has 0 aliphatic rings. The van der Waals surface area contributed by atoms with Crippen LogP contribution in [0.5, 0.6) is 5.75 Å². The first-order chi connectivity index (χ1) is 18.2. The molecule has 0 saturated carbocycles. The standard InChI is InChI=1S/C30H27N5O2/c1-2-3-19-37-23-15-13-22(14-16-23)35-28-26(27-29(35)33-25-12-8-7-11-24(25)32-27)30(36)34(20-31-28)18-17-21-9-5-4-6-10-21/h4-16,20H,2-3,17-19H2,1H3. The molecule has 6 rings (SSSR count). The highest BCUT2D eigenvalue weighted by Crippen LogP contribution is 2.29. The van der Waals surface area contributed by atoms with E-state index < -0.39 is 0 Å². The van der Waals surface area contributed by atoms with E-state index in [0.717, 1.165) is 41.7 Å². The number of hydrogen-bond acceptors (Lipinski definition) is 5. The van der Waals surface area contributed by atoms with Gasteiger partial charge in [0.25, 0.3) is 5.56 Å². The zero-order valence-corrected chi connectivity index (χ0v) is 20.7. The summed E-state index contributed by atoms with van der Waals surface area (Å²) in [6.45, 7) is 3.36. The molecule has 0 radical (unpaired) electrons. The van der Waals surface area contributed by atoms with E-state index in [9.17, 15) is 4.79 Å². The van der Waals surface area contributed by atoms with Crippen molar-refractivity contribution in [2.24, 2.45) is 0 Å². The topological polar surface area (TPSA) is 74.8 Å². The third-order valence-electron chi connectivity index (χ3n) is 6.58. The third kappa shape index (κ3) is 4.33. The molecule has 7 nitrogen and oxygen atoms in total. The second-order valence-corrected chi connectivity index (χ2v) is 9.09. The molecule has 0 aliphatic carbocycles. The van der Waals surface area contributed by atoms with Crippen molar-refractivity contribution in [3.8, 4) is 11.4 Å². The second kappa shape index (κ2) is 9.85. The summed E-state index contributed by atoms with van der Waals surface area (Å²) in [5, 5.41) is 0.479. The molecule has 0 N–H and O–H groups in total. The summed E-state index contributed by atoms with van der Waals surface area (Å²) in [6.07, 6.45) is 4.46. The molecule has 0 amide bonds. The fourth-order valence-corrected chi connectivity index (χ4v) is 4.60. The molecule has 184 valence electrons. The number of para-hydroxylation sites is 2. The summed E-state index contributed by atoms with van der Waals surface area (Å²) in [6, 6.07) is 25.7. The molecular formula is C30H27N5O2. The van der Waals surface area contributed by atoms with Crippen molar-refractivity contribution in [1.29, 1.82) is 0 Å². The van der Waals surface area contributed by atoms with Gasteiger partial charge in [0, 0.05) is 12.2 Å². The molecule has 7 heteroatoms. The van der Waals surface area contributed by atoms with Crippen LogP contribution in [0.4, 0.5) is 0 Å². The normalized spacial score (nSPS) is 11.5. The molecule has 0 atom stereocenters. The number of rotatable bonds is 8. The van der Waals surface area contributed by atoms with Gasteiger partial charge in [0.1, 0.15) is 16.7 Å². The van der Waals surface area contributed by atoms with Crippen LogP contribution in [0.3, 0.4) is 0 Å². The Morgan fingerprint density at radius 3 is 2.32 bits per heavy atom. The van der Waals surface area contributed by atoms with E-state index in [1.54, 1.807) is 10.9 Å². The predicted molar refractivity (Wildman–Crippen MR) is 146 cm³/mol. The summed E-state index contributed by atoms with van der Waals surface area (Å²) in [7, 11) is 0. The van der Waals surface area contributed by atoms with Gasteiger partial charge >= 0.3 is 0 Å². The highest BCUT2D eigenvalue weighted by atomic mass is 16.5. The van der Waals surface area contributed by atoms with Gasteiger partial charge in [0.15, 0.2) is 11.3 Å². The fraction of sp³-hybridized carbons (Fsp3) is 0.200. The van der Waals surface area contributed by atoms with Crippen molar-refractivity contribution in [1.82, 2.24) is 24.1 Å². The third-order valence-corrected chi connectivity index (χ3v) is 6.58. The Morgan fingerprint density at radius 1 is 0.838 bits per heavy atom. The highest BCUT2D eigenvalue weighted by Gasteiger charge is 2.21. The lowest BCUT2D eigenvalue weighted by Crippen LogP contribution is -2.21. The molecule has 3 aromatic heterocycles. The molecule has 0 bridgehead atoms. The molecule has 0 saturated heterocycles. The summed E-state index contributed by atoms with van der Waals surface area (Å²) in [5.41, 5.74) is 5.13. The van der Waals surface area contributed by atoms with Crippen LogP contribution in [-0.4, -0.2) is 30.7 Å². The van der Waals surface area contributed by atoms with E-state index in [1.165, 1.54) is 5.56 Å². The van der Waals surface area contributed by atoms with Crippen molar-refractivity contribution in [2.45, 2.75) is 32.7 Å². The minimum atomic E-state index is -0.117. The molecule has 3 aromatic carbocycles. The first-order valence-electron chi connectivity index (χ1n) is 12.7. The van der Waals surface area contributed by atoms with Crippen molar-refractivity contribution in [3.63, 3.8) is 0 Å². The van der Waals surface area contributed by atoms with E-state index in [4.69, 9.17) is 19.7 Å². The Morgan fingerprint density at radius 2 is 1.57 bits per heavy atom. The minimum absolute atomic E-state index is 0.117. The van der Waals surface area contributed by atoms with Crippen molar-refractivity contribution < 1.29 is 4.74 Å². The van der Waals surface area contributed by atoms with Crippen LogP contribution >= 0.6 is 0 Å². The summed E-state index contributed by atoms with van der Waals surface area (Å²) in [4.78, 5) is 28.3. The number of aromatic nitrogens is 5. The van der Waals surface area contributed by atoms with Gasteiger partial charge in [-0.2, -0.15) is 0 Å². The Balaban J connectivity index is 1.50. The second-order valence-electron chi connectivity index (χ2n) is 9.09. The Bertz CT molecular complexity index is 1760. The maximum absolute atomic E-state index is 13.8. The smallest absolute Gasteiger partial charge is 0.265 e. The number of ether oxygens (including phenoxy) is 1. The van der Waals surface area contributed by atoms with Crippen LogP contribution in [0.25, 0.3) is 38.9 Å². The van der Waals surface area contributed by atoms with Gasteiger partial charge in [-0.3, -0.25) is 13.9 Å². The Kier molecular flexibility index (Phi) is 6.10. The first kappa shape index (κ1) is 22.9. The minimum Gasteiger partial charge on any atom is -0.494 e. The van der Waals surface area contributed by atoms with Gasteiger partial charge in [-0.25, -0.2) is 15.0 Å². The van der Waals surface area contributed by atoms with Gasteiger partial charge < -0.3 is 4.74 Å². The molecule has 0 spiro atoms. The fourth-order valence-electron chi connectivity index (χ4n) is 4.60. The molecule has 6 aromatic rings. The van der Waals surface area contributed by atoms with E-state index in [0.29, 0.717) is 35.3 Å². The van der Waals surface area contributed by atoms with Crippen molar-refractivity contribution in [3.05, 3.63) is 101 Å². The van der Waals surface area contributed by atoms with Crippen LogP contribution in [0.1, 0.15) is 25.3 Å². The lowest BCUT2D eigenvalue weighted by Gasteiger charge is -2.10. The zero-order chi connectivity index (χ0) is 25.2. The van der Waals surface area contributed by atoms with Gasteiger partial charge in [-0.1, -0.05) is 55.8 Å². The molecule has 0 fully saturated rings. The molecule has 37 heavy (non-hydrogen) atoms. The van der Waals surface area contributed by atoms with E-state index >= 15 is 0 Å². The monoisotopic (exact) mass is 489 g/mol. The van der Waals surface area contributed by atoms with Gasteiger partial charge in [0.05, 0.1) is 24.0 Å². The first-order valence-corrected chi connectivity index (χ1v) is 12.7. The summed E-state index contributed by atoms with van der Waals surface area (Å²) in [5.74, 6) is 0.811. The zero-order valence-electron chi connectivity index (χ0n) is 20.7. The Hall–Kier alpha value is -4.52. The number of unbranched alkanes of at least 4 members (excludes halogenated alkanes) is 1. The average molecular weight is 490 g/mol. The molecule has 3 heterocycles. The number of hydrogen-bond donors (Lipinski definition) is 0. The van der Waals surface area contributed by atoms with Crippen LogP contribution < -0.4 is 10.3 Å². The maximum atomic E-state index is 13.8. The van der Waals surface area contributed by atoms with Gasteiger partial charge in [-0.05, 0) is 54.8 Å². The molecule has 0 unspecified atom stereocenters. The molecule has 0 aliphatic heterocycles. The molecular weight excluding hydrogens is 462 g/mol. The summed E-state index contributed by atoms with van der Waals surface area (Å²) < 4.78 is 9.43. The lowest BCUT2D eigenvalue weighted by atomic mass is 10.1. The van der Waals surface area contributed by atoms with Crippen LogP contribution in [-0.2, 0) is 13.0 Å². The van der Waals surface area contributed by atoms with Gasteiger partial charge in [0.2, 0.25) is 0 Å².